The predicted octanol–water partition coefficient (Wildman–Crippen LogP) is -1.00. The van der Waals surface area contributed by atoms with Crippen LogP contribution in [0, 0.1) is 30.1 Å². The van der Waals surface area contributed by atoms with Crippen molar-refractivity contribution in [2.24, 2.45) is 23.5 Å². The van der Waals surface area contributed by atoms with Crippen LogP contribution in [0.4, 0.5) is 0 Å². The van der Waals surface area contributed by atoms with E-state index in [1.165, 1.54) is 9.80 Å². The summed E-state index contributed by atoms with van der Waals surface area (Å²) in [4.78, 5) is 147. The van der Waals surface area contributed by atoms with E-state index in [2.05, 4.69) is 16.6 Å². The molecule has 0 saturated carbocycles. The van der Waals surface area contributed by atoms with Gasteiger partial charge < -0.3 is 56.6 Å². The molecule has 22 heteroatoms. The third-order valence-corrected chi connectivity index (χ3v) is 12.6. The minimum absolute atomic E-state index is 0.0360. The Balaban J connectivity index is 1.69. The van der Waals surface area contributed by atoms with Crippen LogP contribution in [0.1, 0.15) is 116 Å². The number of nitrogens with one attached hydrogen (secondary N) is 2. The SMILES string of the molecule is C#CCCC(=O)C[C@@H](CCCCN)C(=O)N1CCC[C@H]1C(=O)C[C@@H](CO)C(=O)N[C@H](CO)C(=O)N1CCC[C@H]1C(=O)N1CCC[C@H]1C(=O)C[C@@H](CCC(=O)O)C(=O)N[C@@H](CCC(=O)O)C(=O)O. The van der Waals surface area contributed by atoms with Crippen LogP contribution in [0.15, 0.2) is 0 Å². The average molecular weight is 947 g/mol. The zero-order chi connectivity index (χ0) is 49.8. The molecule has 0 bridgehead atoms. The molecule has 3 rings (SSSR count). The van der Waals surface area contributed by atoms with Crippen LogP contribution in [0.5, 0.6) is 0 Å². The van der Waals surface area contributed by atoms with E-state index in [1.807, 2.05) is 0 Å². The summed E-state index contributed by atoms with van der Waals surface area (Å²) in [6, 6.07) is -6.37. The van der Waals surface area contributed by atoms with E-state index >= 15 is 0 Å². The minimum atomic E-state index is -1.63. The maximum absolute atomic E-state index is 14.1. The van der Waals surface area contributed by atoms with Gasteiger partial charge in [0.15, 0.2) is 11.6 Å². The highest BCUT2D eigenvalue weighted by molar-refractivity contribution is 5.98. The number of hydrogen-bond acceptors (Lipinski definition) is 14. The number of unbranched alkanes of at least 4 members (excludes halogenated alkanes) is 1. The van der Waals surface area contributed by atoms with Gasteiger partial charge in [-0.1, -0.05) is 6.42 Å². The normalized spacial score (nSPS) is 20.2. The van der Waals surface area contributed by atoms with Crippen LogP contribution in [0.3, 0.4) is 0 Å². The van der Waals surface area contributed by atoms with Crippen molar-refractivity contribution < 1.29 is 78.3 Å². The van der Waals surface area contributed by atoms with Crippen molar-refractivity contribution in [2.75, 3.05) is 39.4 Å². The number of ketones is 3. The molecular weight excluding hydrogens is 881 g/mol. The van der Waals surface area contributed by atoms with Crippen LogP contribution in [-0.2, 0) is 52.7 Å². The maximum Gasteiger partial charge on any atom is 0.326 e. The lowest BCUT2D eigenvalue weighted by atomic mass is 9.91. The number of carboxylic acids is 3. The number of carboxylic acid groups (broad SMARTS) is 3. The minimum Gasteiger partial charge on any atom is -0.481 e. The fraction of sp³-hybridized carbons (Fsp3) is 0.711. The van der Waals surface area contributed by atoms with E-state index in [4.69, 9.17) is 17.3 Å². The van der Waals surface area contributed by atoms with Gasteiger partial charge in [0.2, 0.25) is 29.5 Å². The number of aliphatic hydroxyl groups excluding tert-OH is 2. The molecular formula is C45H66N6O16. The maximum atomic E-state index is 14.1. The first-order chi connectivity index (χ1) is 31.9. The molecule has 3 fully saturated rings. The van der Waals surface area contributed by atoms with Crippen molar-refractivity contribution in [3.05, 3.63) is 0 Å². The molecule has 3 aliphatic rings. The molecule has 0 aromatic carbocycles. The second-order valence-corrected chi connectivity index (χ2v) is 17.4. The molecule has 3 heterocycles. The predicted molar refractivity (Wildman–Crippen MR) is 234 cm³/mol. The molecule has 3 saturated heterocycles. The fourth-order valence-electron chi connectivity index (χ4n) is 8.99. The van der Waals surface area contributed by atoms with Gasteiger partial charge in [-0.15, -0.1) is 12.3 Å². The number of carbonyl (C=O) groups excluding carboxylic acids is 8. The van der Waals surface area contributed by atoms with E-state index in [0.717, 1.165) is 4.90 Å². The molecule has 67 heavy (non-hydrogen) atoms. The van der Waals surface area contributed by atoms with E-state index in [9.17, 15) is 73.2 Å². The Morgan fingerprint density at radius 2 is 1.12 bits per heavy atom. The number of Topliss-reactive ketones (excluding diaryl/α,β-unsaturated/α-hetero) is 3. The molecule has 8 atom stereocenters. The van der Waals surface area contributed by atoms with Gasteiger partial charge >= 0.3 is 17.9 Å². The molecule has 22 nitrogen and oxygen atoms in total. The molecule has 372 valence electrons. The summed E-state index contributed by atoms with van der Waals surface area (Å²) in [5.41, 5.74) is 5.64. The Bertz CT molecular complexity index is 1870. The zero-order valence-corrected chi connectivity index (χ0v) is 37.8. The standard InChI is InChI=1S/C45H66N6O16/c1-2-3-10-30(54)22-28(9-4-5-18-46)42(63)49-19-6-11-33(49)37(56)24-29(25-52)41(62)48-32(26-53)43(64)51-21-8-13-35(51)44(65)50-20-7-12-34(50)36(55)23-27(14-16-38(57)58)40(61)47-31(45(66)67)15-17-39(59)60/h1,27-29,31-35,52-53H,3-26,46H2,(H,47,61)(H,48,62)(H,57,58)(H,59,60)(H,66,67)/t27-,28-,29+,31+,32-,33+,34+,35+/m1/s1. The van der Waals surface area contributed by atoms with Gasteiger partial charge in [-0.05, 0) is 70.8 Å². The second-order valence-electron chi connectivity index (χ2n) is 17.4. The van der Waals surface area contributed by atoms with E-state index in [-0.39, 0.29) is 69.8 Å². The summed E-state index contributed by atoms with van der Waals surface area (Å²) in [5.74, 6) is -10.2. The number of aliphatic carboxylic acids is 3. The lowest BCUT2D eigenvalue weighted by Gasteiger charge is -2.33. The van der Waals surface area contributed by atoms with Crippen LogP contribution >= 0.6 is 0 Å². The van der Waals surface area contributed by atoms with Gasteiger partial charge in [0.05, 0.1) is 31.2 Å². The van der Waals surface area contributed by atoms with Gasteiger partial charge in [-0.2, -0.15) is 0 Å². The highest BCUT2D eigenvalue weighted by Crippen LogP contribution is 2.29. The molecule has 0 unspecified atom stereocenters. The van der Waals surface area contributed by atoms with Gasteiger partial charge in [-0.3, -0.25) is 47.9 Å². The zero-order valence-electron chi connectivity index (χ0n) is 37.8. The number of nitrogens with two attached hydrogens (primary N) is 1. The largest absolute Gasteiger partial charge is 0.481 e. The third kappa shape index (κ3) is 16.5. The second kappa shape index (κ2) is 27.8. The average Bonchev–Trinajstić information content (AvgIpc) is 4.10. The van der Waals surface area contributed by atoms with Crippen molar-refractivity contribution in [3.63, 3.8) is 0 Å². The fourth-order valence-corrected chi connectivity index (χ4v) is 8.99. The lowest BCUT2D eigenvalue weighted by Crippen LogP contribution is -2.57. The summed E-state index contributed by atoms with van der Waals surface area (Å²) < 4.78 is 0. The number of likely N-dealkylation sites (tertiary alicyclic amines) is 3. The number of aliphatic hydroxyl groups is 2. The molecule has 0 aromatic rings. The lowest BCUT2D eigenvalue weighted by molar-refractivity contribution is -0.149. The topological polar surface area (TPSA) is 349 Å². The first-order valence-electron chi connectivity index (χ1n) is 23.0. The first-order valence-corrected chi connectivity index (χ1v) is 23.0. The number of rotatable bonds is 30. The highest BCUT2D eigenvalue weighted by atomic mass is 16.4. The summed E-state index contributed by atoms with van der Waals surface area (Å²) in [6.07, 6.45) is 5.92. The van der Waals surface area contributed by atoms with Crippen molar-refractivity contribution in [2.45, 2.75) is 146 Å². The Morgan fingerprint density at radius 3 is 1.67 bits per heavy atom. The molecule has 0 aliphatic carbocycles. The number of terminal acetylenes is 1. The highest BCUT2D eigenvalue weighted by Gasteiger charge is 2.45. The summed E-state index contributed by atoms with van der Waals surface area (Å²) in [5, 5.41) is 52.9. The van der Waals surface area contributed by atoms with Gasteiger partial charge in [0, 0.05) is 76.4 Å². The summed E-state index contributed by atoms with van der Waals surface area (Å²) in [7, 11) is 0. The Hall–Kier alpha value is -5.79. The smallest absolute Gasteiger partial charge is 0.326 e. The van der Waals surface area contributed by atoms with Crippen molar-refractivity contribution in [1.82, 2.24) is 25.3 Å². The third-order valence-electron chi connectivity index (χ3n) is 12.6. The van der Waals surface area contributed by atoms with Crippen molar-refractivity contribution in [3.8, 4) is 12.3 Å². The van der Waals surface area contributed by atoms with Crippen LogP contribution in [0.2, 0.25) is 0 Å². The monoisotopic (exact) mass is 946 g/mol. The van der Waals surface area contributed by atoms with Crippen molar-refractivity contribution >= 4 is 64.8 Å². The quantitative estimate of drug-likeness (QED) is 0.0316. The molecule has 0 radical (unpaired) electrons. The van der Waals surface area contributed by atoms with E-state index in [1.54, 1.807) is 0 Å². The van der Waals surface area contributed by atoms with Gasteiger partial charge in [0.1, 0.15) is 23.9 Å². The Morgan fingerprint density at radius 1 is 0.597 bits per heavy atom. The van der Waals surface area contributed by atoms with Crippen LogP contribution in [0.25, 0.3) is 0 Å². The van der Waals surface area contributed by atoms with E-state index < -0.39 is 146 Å². The Kier molecular flexibility index (Phi) is 23.0. The summed E-state index contributed by atoms with van der Waals surface area (Å²) >= 11 is 0. The Labute approximate surface area is 388 Å². The van der Waals surface area contributed by atoms with Gasteiger partial charge in [-0.25, -0.2) is 4.79 Å². The molecule has 3 aliphatic heterocycles. The molecule has 0 aromatic heterocycles. The first kappa shape index (κ1) is 55.5. The number of nitrogens with zero attached hydrogens (tertiary/aromatic N) is 3. The number of hydrogen-bond donors (Lipinski definition) is 8. The number of carbonyl (C=O) groups is 11. The summed E-state index contributed by atoms with van der Waals surface area (Å²) in [6.45, 7) is -0.976. The van der Waals surface area contributed by atoms with E-state index in [0.29, 0.717) is 51.5 Å². The molecule has 9 N–H and O–H groups in total. The van der Waals surface area contributed by atoms with Crippen LogP contribution in [-0.4, -0.2) is 175 Å². The van der Waals surface area contributed by atoms with Crippen LogP contribution < -0.4 is 16.4 Å². The number of amides is 5. The van der Waals surface area contributed by atoms with Crippen molar-refractivity contribution in [1.29, 1.82) is 0 Å². The molecule has 5 amide bonds. The van der Waals surface area contributed by atoms with Gasteiger partial charge in [0.25, 0.3) is 0 Å². The molecule has 0 spiro atoms.